The van der Waals surface area contributed by atoms with Crippen molar-refractivity contribution in [3.63, 3.8) is 0 Å². The van der Waals surface area contributed by atoms with Crippen LogP contribution in [0.2, 0.25) is 0 Å². The van der Waals surface area contributed by atoms with E-state index in [-0.39, 0.29) is 30.3 Å². The lowest BCUT2D eigenvalue weighted by atomic mass is 10.1. The Balaban J connectivity index is 1.60. The van der Waals surface area contributed by atoms with Crippen LogP contribution < -0.4 is 19.5 Å². The van der Waals surface area contributed by atoms with Gasteiger partial charge in [-0.1, -0.05) is 5.21 Å². The van der Waals surface area contributed by atoms with Gasteiger partial charge in [0.2, 0.25) is 11.7 Å². The predicted molar refractivity (Wildman–Crippen MR) is 116 cm³/mol. The van der Waals surface area contributed by atoms with Crippen LogP contribution in [-0.4, -0.2) is 71.4 Å². The van der Waals surface area contributed by atoms with Gasteiger partial charge in [0.1, 0.15) is 0 Å². The number of carbonyl (C=O) groups excluding carboxylic acids is 3. The number of aryl methyl sites for hydroxylation is 1. The van der Waals surface area contributed by atoms with Gasteiger partial charge in [-0.2, -0.15) is 0 Å². The fourth-order valence-corrected chi connectivity index (χ4v) is 3.86. The zero-order valence-electron chi connectivity index (χ0n) is 17.9. The molecule has 3 rings (SSSR count). The lowest BCUT2D eigenvalue weighted by Crippen LogP contribution is -2.37. The van der Waals surface area contributed by atoms with Crippen LogP contribution in [0.1, 0.15) is 12.0 Å². The minimum absolute atomic E-state index is 0.0757. The van der Waals surface area contributed by atoms with Crippen LogP contribution in [0.5, 0.6) is 17.2 Å². The molecule has 0 saturated carbocycles. The minimum atomic E-state index is -0.425. The van der Waals surface area contributed by atoms with Crippen molar-refractivity contribution in [1.29, 1.82) is 0 Å². The van der Waals surface area contributed by atoms with Crippen LogP contribution in [0.4, 0.5) is 4.79 Å². The molecule has 12 heteroatoms. The van der Waals surface area contributed by atoms with Crippen LogP contribution in [0.3, 0.4) is 0 Å². The number of benzene rings is 1. The van der Waals surface area contributed by atoms with Crippen molar-refractivity contribution in [1.82, 2.24) is 25.2 Å². The predicted octanol–water partition coefficient (Wildman–Crippen LogP) is 1.55. The smallest absolute Gasteiger partial charge is 0.293 e. The number of ether oxygens (including phenoxy) is 3. The van der Waals surface area contributed by atoms with Gasteiger partial charge in [-0.05, 0) is 35.5 Å². The molecular weight excluding hydrogens is 438 g/mol. The van der Waals surface area contributed by atoms with Gasteiger partial charge >= 0.3 is 0 Å². The first-order valence-electron chi connectivity index (χ1n) is 9.63. The molecule has 2 aromatic rings. The molecule has 2 heterocycles. The van der Waals surface area contributed by atoms with Crippen LogP contribution >= 0.6 is 11.8 Å². The highest BCUT2D eigenvalue weighted by atomic mass is 32.2. The monoisotopic (exact) mass is 461 g/mol. The van der Waals surface area contributed by atoms with E-state index in [0.29, 0.717) is 29.4 Å². The quantitative estimate of drug-likeness (QED) is 0.525. The average Bonchev–Trinajstić information content (AvgIpc) is 3.40. The summed E-state index contributed by atoms with van der Waals surface area (Å²) < 4.78 is 17.5. The van der Waals surface area contributed by atoms with Crippen molar-refractivity contribution in [2.45, 2.75) is 13.0 Å². The van der Waals surface area contributed by atoms with Crippen LogP contribution in [0.15, 0.2) is 29.4 Å². The first-order chi connectivity index (χ1) is 15.5. The molecule has 0 atom stereocenters. The summed E-state index contributed by atoms with van der Waals surface area (Å²) in [6.45, 7) is 0.628. The molecule has 0 spiro atoms. The minimum Gasteiger partial charge on any atom is -0.493 e. The van der Waals surface area contributed by atoms with Crippen molar-refractivity contribution < 1.29 is 28.6 Å². The maximum Gasteiger partial charge on any atom is 0.293 e. The Kier molecular flexibility index (Phi) is 7.71. The number of imide groups is 1. The molecule has 1 aliphatic heterocycles. The zero-order valence-corrected chi connectivity index (χ0v) is 18.7. The molecular formula is C20H23N5O6S. The molecule has 1 saturated heterocycles. The summed E-state index contributed by atoms with van der Waals surface area (Å²) in [6.07, 6.45) is 5.00. The molecule has 0 radical (unpaired) electrons. The van der Waals surface area contributed by atoms with Crippen molar-refractivity contribution in [2.75, 3.05) is 34.4 Å². The number of hydrogen-bond acceptors (Lipinski definition) is 9. The highest BCUT2D eigenvalue weighted by molar-refractivity contribution is 8.18. The first kappa shape index (κ1) is 23.1. The summed E-state index contributed by atoms with van der Waals surface area (Å²) in [5.74, 6) is 0.669. The van der Waals surface area contributed by atoms with E-state index in [1.807, 2.05) is 0 Å². The molecule has 0 unspecified atom stereocenters. The Morgan fingerprint density at radius 2 is 1.84 bits per heavy atom. The topological polar surface area (TPSA) is 125 Å². The van der Waals surface area contributed by atoms with E-state index in [4.69, 9.17) is 14.2 Å². The lowest BCUT2D eigenvalue weighted by Gasteiger charge is -2.13. The number of thioether (sulfide) groups is 1. The van der Waals surface area contributed by atoms with Gasteiger partial charge < -0.3 is 19.5 Å². The number of aromatic nitrogens is 3. The van der Waals surface area contributed by atoms with Crippen molar-refractivity contribution in [3.05, 3.63) is 35.0 Å². The third-order valence-electron chi connectivity index (χ3n) is 4.56. The summed E-state index contributed by atoms with van der Waals surface area (Å²) in [4.78, 5) is 38.3. The molecule has 32 heavy (non-hydrogen) atoms. The molecule has 170 valence electrons. The van der Waals surface area contributed by atoms with Gasteiger partial charge in [0.15, 0.2) is 11.5 Å². The van der Waals surface area contributed by atoms with E-state index < -0.39 is 11.1 Å². The van der Waals surface area contributed by atoms with Gasteiger partial charge in [-0.15, -0.1) is 5.10 Å². The SMILES string of the molecule is COc1cc(C=C2SC(=O)N(CCNC(=O)CCn3ccnn3)C2=O)cc(OC)c1OC. The third kappa shape index (κ3) is 5.38. The summed E-state index contributed by atoms with van der Waals surface area (Å²) >= 11 is 0.835. The third-order valence-corrected chi connectivity index (χ3v) is 5.46. The Bertz CT molecular complexity index is 998. The number of rotatable bonds is 10. The lowest BCUT2D eigenvalue weighted by molar-refractivity contribution is -0.124. The van der Waals surface area contributed by atoms with E-state index in [2.05, 4.69) is 15.6 Å². The standard InChI is InChI=1S/C20H23N5O6S/c1-29-14-10-13(11-15(30-2)18(14)31-3)12-16-19(27)25(20(28)32-16)9-5-21-17(26)4-7-24-8-6-22-23-24/h6,8,10-12H,4-5,7,9H2,1-3H3,(H,21,26). The summed E-state index contributed by atoms with van der Waals surface area (Å²) in [7, 11) is 4.49. The zero-order chi connectivity index (χ0) is 23.1. The molecule has 11 nitrogen and oxygen atoms in total. The molecule has 1 aliphatic rings. The number of nitrogens with zero attached hydrogens (tertiary/aromatic N) is 4. The second-order valence-electron chi connectivity index (χ2n) is 6.56. The van der Waals surface area contributed by atoms with Gasteiger partial charge in [0.05, 0.1) is 39.0 Å². The van der Waals surface area contributed by atoms with E-state index in [9.17, 15) is 14.4 Å². The molecule has 0 bridgehead atoms. The highest BCUT2D eigenvalue weighted by Crippen LogP contribution is 2.40. The average molecular weight is 462 g/mol. The first-order valence-corrected chi connectivity index (χ1v) is 10.4. The fourth-order valence-electron chi connectivity index (χ4n) is 2.99. The molecule has 0 aliphatic carbocycles. The van der Waals surface area contributed by atoms with E-state index >= 15 is 0 Å². The number of methoxy groups -OCH3 is 3. The molecule has 1 aromatic carbocycles. The Morgan fingerprint density at radius 1 is 1.12 bits per heavy atom. The highest BCUT2D eigenvalue weighted by Gasteiger charge is 2.34. The molecule has 1 aromatic heterocycles. The van der Waals surface area contributed by atoms with Crippen molar-refractivity contribution >= 4 is 34.9 Å². The van der Waals surface area contributed by atoms with E-state index in [1.165, 1.54) is 27.5 Å². The van der Waals surface area contributed by atoms with Gasteiger partial charge in [0, 0.05) is 25.7 Å². The number of hydrogen-bond donors (Lipinski definition) is 1. The maximum absolute atomic E-state index is 12.7. The second kappa shape index (κ2) is 10.7. The number of carbonyl (C=O) groups is 3. The summed E-state index contributed by atoms with van der Waals surface area (Å²) in [5.41, 5.74) is 0.617. The summed E-state index contributed by atoms with van der Waals surface area (Å²) in [5, 5.41) is 9.75. The van der Waals surface area contributed by atoms with E-state index in [0.717, 1.165) is 16.7 Å². The maximum atomic E-state index is 12.7. The van der Waals surface area contributed by atoms with Crippen molar-refractivity contribution in [2.24, 2.45) is 0 Å². The number of amides is 3. The molecule has 3 amide bonds. The largest absolute Gasteiger partial charge is 0.493 e. The van der Waals surface area contributed by atoms with E-state index in [1.54, 1.807) is 29.1 Å². The molecule has 1 fully saturated rings. The summed E-state index contributed by atoms with van der Waals surface area (Å²) in [6, 6.07) is 3.37. The van der Waals surface area contributed by atoms with Gasteiger partial charge in [0.25, 0.3) is 11.1 Å². The Labute approximate surface area is 188 Å². The number of nitrogens with one attached hydrogen (secondary N) is 1. The fraction of sp³-hybridized carbons (Fsp3) is 0.350. The van der Waals surface area contributed by atoms with Crippen molar-refractivity contribution in [3.8, 4) is 17.2 Å². The van der Waals surface area contributed by atoms with Gasteiger partial charge in [-0.3, -0.25) is 24.0 Å². The Hall–Kier alpha value is -3.54. The second-order valence-corrected chi connectivity index (χ2v) is 7.55. The Morgan fingerprint density at radius 3 is 2.44 bits per heavy atom. The van der Waals surface area contributed by atoms with Gasteiger partial charge in [-0.25, -0.2) is 0 Å². The van der Waals surface area contributed by atoms with Crippen LogP contribution in [0, 0.1) is 0 Å². The van der Waals surface area contributed by atoms with Crippen LogP contribution in [-0.2, 0) is 16.1 Å². The van der Waals surface area contributed by atoms with Crippen LogP contribution in [0.25, 0.3) is 6.08 Å². The molecule has 1 N–H and O–H groups in total. The normalized spacial score (nSPS) is 14.7.